The molecule has 2 unspecified atom stereocenters. The Kier molecular flexibility index (Phi) is 8.62. The lowest BCUT2D eigenvalue weighted by Gasteiger charge is -2.30. The summed E-state index contributed by atoms with van der Waals surface area (Å²) in [5, 5.41) is 9.28. The van der Waals surface area contributed by atoms with Crippen LogP contribution >= 0.6 is 36.2 Å². The quantitative estimate of drug-likeness (QED) is 0.844. The van der Waals surface area contributed by atoms with Crippen LogP contribution in [0.15, 0.2) is 29.8 Å². The SMILES string of the molecule is CC1CNCCC1NC(=O)Cc1csc(-c2ccccn2)n1.Cl.Cl. The largest absolute Gasteiger partial charge is 0.353 e. The Labute approximate surface area is 158 Å². The monoisotopic (exact) mass is 388 g/mol. The lowest BCUT2D eigenvalue weighted by atomic mass is 9.95. The molecule has 0 radical (unpaired) electrons. The molecule has 3 rings (SSSR count). The van der Waals surface area contributed by atoms with Crippen molar-refractivity contribution in [3.8, 4) is 10.7 Å². The van der Waals surface area contributed by atoms with Crippen LogP contribution in [0.1, 0.15) is 19.0 Å². The molecule has 0 saturated carbocycles. The summed E-state index contributed by atoms with van der Waals surface area (Å²) in [6.07, 6.45) is 3.07. The van der Waals surface area contributed by atoms with Gasteiger partial charge in [0.25, 0.3) is 0 Å². The zero-order chi connectivity index (χ0) is 15.4. The number of nitrogens with zero attached hydrogens (tertiary/aromatic N) is 2. The van der Waals surface area contributed by atoms with Crippen molar-refractivity contribution in [1.82, 2.24) is 20.6 Å². The number of nitrogens with one attached hydrogen (secondary N) is 2. The maximum Gasteiger partial charge on any atom is 0.226 e. The molecule has 1 saturated heterocycles. The summed E-state index contributed by atoms with van der Waals surface area (Å²) in [6, 6.07) is 6.02. The predicted molar refractivity (Wildman–Crippen MR) is 102 cm³/mol. The van der Waals surface area contributed by atoms with Crippen LogP contribution in [0.2, 0.25) is 0 Å². The van der Waals surface area contributed by atoms with Gasteiger partial charge in [0.1, 0.15) is 5.01 Å². The number of rotatable bonds is 4. The fourth-order valence-corrected chi connectivity index (χ4v) is 3.44. The van der Waals surface area contributed by atoms with Crippen LogP contribution in [0, 0.1) is 5.92 Å². The minimum Gasteiger partial charge on any atom is -0.353 e. The summed E-state index contributed by atoms with van der Waals surface area (Å²) in [6.45, 7) is 4.10. The van der Waals surface area contributed by atoms with Crippen molar-refractivity contribution < 1.29 is 4.79 Å². The Balaban J connectivity index is 0.00000144. The van der Waals surface area contributed by atoms with Crippen molar-refractivity contribution in [2.24, 2.45) is 5.92 Å². The molecule has 5 nitrogen and oxygen atoms in total. The smallest absolute Gasteiger partial charge is 0.226 e. The van der Waals surface area contributed by atoms with Crippen LogP contribution in [0.4, 0.5) is 0 Å². The van der Waals surface area contributed by atoms with Crippen molar-refractivity contribution in [1.29, 1.82) is 0 Å². The van der Waals surface area contributed by atoms with Crippen LogP contribution in [0.3, 0.4) is 0 Å². The number of carbonyl (C=O) groups excluding carboxylic acids is 1. The van der Waals surface area contributed by atoms with Gasteiger partial charge in [0.05, 0.1) is 17.8 Å². The van der Waals surface area contributed by atoms with E-state index in [1.807, 2.05) is 23.6 Å². The van der Waals surface area contributed by atoms with E-state index < -0.39 is 0 Å². The summed E-state index contributed by atoms with van der Waals surface area (Å²) in [7, 11) is 0. The Morgan fingerprint density at radius 2 is 2.25 bits per heavy atom. The Hall–Kier alpha value is -1.21. The van der Waals surface area contributed by atoms with E-state index in [0.29, 0.717) is 12.3 Å². The Morgan fingerprint density at radius 3 is 2.96 bits per heavy atom. The molecule has 8 heteroatoms. The maximum atomic E-state index is 12.2. The highest BCUT2D eigenvalue weighted by molar-refractivity contribution is 7.13. The molecule has 24 heavy (non-hydrogen) atoms. The summed E-state index contributed by atoms with van der Waals surface area (Å²) in [5.41, 5.74) is 1.66. The third-order valence-corrected chi connectivity index (χ3v) is 4.82. The van der Waals surface area contributed by atoms with Gasteiger partial charge in [-0.15, -0.1) is 36.2 Å². The second kappa shape index (κ2) is 9.93. The first kappa shape index (κ1) is 20.8. The molecule has 0 bridgehead atoms. The first-order valence-corrected chi connectivity index (χ1v) is 8.46. The number of amides is 1. The summed E-state index contributed by atoms with van der Waals surface area (Å²) in [4.78, 5) is 21.0. The van der Waals surface area contributed by atoms with E-state index in [-0.39, 0.29) is 36.8 Å². The van der Waals surface area contributed by atoms with Gasteiger partial charge in [0.15, 0.2) is 0 Å². The van der Waals surface area contributed by atoms with Crippen molar-refractivity contribution in [3.63, 3.8) is 0 Å². The first-order chi connectivity index (χ1) is 10.7. The van der Waals surface area contributed by atoms with Gasteiger partial charge in [-0.25, -0.2) is 4.98 Å². The molecule has 132 valence electrons. The number of halogens is 2. The van der Waals surface area contributed by atoms with E-state index in [4.69, 9.17) is 0 Å². The highest BCUT2D eigenvalue weighted by atomic mass is 35.5. The lowest BCUT2D eigenvalue weighted by Crippen LogP contribution is -2.48. The lowest BCUT2D eigenvalue weighted by molar-refractivity contribution is -0.121. The van der Waals surface area contributed by atoms with Crippen molar-refractivity contribution >= 4 is 42.1 Å². The number of hydrogen-bond donors (Lipinski definition) is 2. The Morgan fingerprint density at radius 1 is 1.42 bits per heavy atom. The molecular formula is C16H22Cl2N4OS. The second-order valence-electron chi connectivity index (χ2n) is 5.68. The number of thiazole rings is 1. The van der Waals surface area contributed by atoms with Gasteiger partial charge in [-0.05, 0) is 37.6 Å². The molecule has 2 N–H and O–H groups in total. The molecule has 1 fully saturated rings. The van der Waals surface area contributed by atoms with Crippen LogP contribution < -0.4 is 10.6 Å². The minimum atomic E-state index is 0. The number of aromatic nitrogens is 2. The Bertz CT molecular complexity index is 638. The minimum absolute atomic E-state index is 0. The summed E-state index contributed by atoms with van der Waals surface area (Å²) >= 11 is 1.53. The van der Waals surface area contributed by atoms with E-state index in [0.717, 1.165) is 35.9 Å². The molecule has 0 aromatic carbocycles. The van der Waals surface area contributed by atoms with Gasteiger partial charge in [0.2, 0.25) is 5.91 Å². The molecule has 1 aliphatic heterocycles. The van der Waals surface area contributed by atoms with Crippen LogP contribution in [-0.4, -0.2) is 35.0 Å². The van der Waals surface area contributed by atoms with E-state index >= 15 is 0 Å². The zero-order valence-corrected chi connectivity index (χ0v) is 15.8. The molecule has 2 aromatic rings. The van der Waals surface area contributed by atoms with E-state index in [1.54, 1.807) is 6.20 Å². The number of piperidine rings is 1. The number of hydrogen-bond acceptors (Lipinski definition) is 5. The first-order valence-electron chi connectivity index (χ1n) is 7.58. The third-order valence-electron chi connectivity index (χ3n) is 3.91. The topological polar surface area (TPSA) is 66.9 Å². The molecule has 3 heterocycles. The highest BCUT2D eigenvalue weighted by Crippen LogP contribution is 2.21. The zero-order valence-electron chi connectivity index (χ0n) is 13.4. The molecule has 1 aliphatic rings. The molecular weight excluding hydrogens is 367 g/mol. The normalized spacial score (nSPS) is 19.7. The van der Waals surface area contributed by atoms with Crippen LogP contribution in [0.5, 0.6) is 0 Å². The molecule has 2 atom stereocenters. The number of pyridine rings is 1. The molecule has 1 amide bonds. The average molecular weight is 389 g/mol. The van der Waals surface area contributed by atoms with Crippen molar-refractivity contribution in [3.05, 3.63) is 35.5 Å². The predicted octanol–water partition coefficient (Wildman–Crippen LogP) is 2.71. The maximum absolute atomic E-state index is 12.2. The summed E-state index contributed by atoms with van der Waals surface area (Å²) < 4.78 is 0. The van der Waals surface area contributed by atoms with Crippen LogP contribution in [0.25, 0.3) is 10.7 Å². The van der Waals surface area contributed by atoms with E-state index in [2.05, 4.69) is 27.5 Å². The van der Waals surface area contributed by atoms with Gasteiger partial charge in [0, 0.05) is 17.6 Å². The molecule has 0 aliphatic carbocycles. The van der Waals surface area contributed by atoms with Crippen molar-refractivity contribution in [2.45, 2.75) is 25.8 Å². The van der Waals surface area contributed by atoms with E-state index in [9.17, 15) is 4.79 Å². The van der Waals surface area contributed by atoms with Crippen LogP contribution in [-0.2, 0) is 11.2 Å². The van der Waals surface area contributed by atoms with E-state index in [1.165, 1.54) is 11.3 Å². The van der Waals surface area contributed by atoms with Gasteiger partial charge in [-0.2, -0.15) is 0 Å². The molecule has 0 spiro atoms. The van der Waals surface area contributed by atoms with Gasteiger partial charge >= 0.3 is 0 Å². The van der Waals surface area contributed by atoms with Gasteiger partial charge in [-0.3, -0.25) is 9.78 Å². The third kappa shape index (κ3) is 5.41. The van der Waals surface area contributed by atoms with Crippen molar-refractivity contribution in [2.75, 3.05) is 13.1 Å². The fourth-order valence-electron chi connectivity index (χ4n) is 2.65. The second-order valence-corrected chi connectivity index (χ2v) is 6.54. The average Bonchev–Trinajstić information content (AvgIpc) is 2.99. The molecule has 2 aromatic heterocycles. The van der Waals surface area contributed by atoms with Gasteiger partial charge in [-0.1, -0.05) is 13.0 Å². The fraction of sp³-hybridized carbons (Fsp3) is 0.438. The number of carbonyl (C=O) groups is 1. The summed E-state index contributed by atoms with van der Waals surface area (Å²) in [5.74, 6) is 0.522. The standard InChI is InChI=1S/C16H20N4OS.2ClH/c1-11-9-17-7-5-13(11)20-15(21)8-12-10-22-16(19-12)14-4-2-3-6-18-14;;/h2-4,6,10-11,13,17H,5,7-9H2,1H3,(H,20,21);2*1H. The highest BCUT2D eigenvalue weighted by Gasteiger charge is 2.22. The van der Waals surface area contributed by atoms with Gasteiger partial charge < -0.3 is 10.6 Å².